The van der Waals surface area contributed by atoms with Gasteiger partial charge in [-0.3, -0.25) is 14.4 Å². The zero-order valence-electron chi connectivity index (χ0n) is 15.0. The van der Waals surface area contributed by atoms with Crippen molar-refractivity contribution in [2.45, 2.75) is 18.1 Å². The van der Waals surface area contributed by atoms with E-state index in [2.05, 4.69) is 20.6 Å². The first-order valence-electron chi connectivity index (χ1n) is 8.36. The van der Waals surface area contributed by atoms with Gasteiger partial charge in [-0.25, -0.2) is 4.98 Å². The number of benzene rings is 1. The highest BCUT2D eigenvalue weighted by molar-refractivity contribution is 7.99. The van der Waals surface area contributed by atoms with E-state index in [0.29, 0.717) is 30.5 Å². The highest BCUT2D eigenvalue weighted by Crippen LogP contribution is 2.11. The van der Waals surface area contributed by atoms with E-state index in [1.165, 1.54) is 6.07 Å². The Morgan fingerprint density at radius 1 is 1.19 bits per heavy atom. The van der Waals surface area contributed by atoms with Crippen LogP contribution in [0.5, 0.6) is 0 Å². The molecule has 0 aliphatic rings. The average Bonchev–Trinajstić information content (AvgIpc) is 2.65. The second-order valence-corrected chi connectivity index (χ2v) is 6.58. The second kappa shape index (κ2) is 11.1. The maximum absolute atomic E-state index is 12.1. The minimum absolute atomic E-state index is 0.00957. The molecule has 1 heterocycles. The third-order valence-electron chi connectivity index (χ3n) is 3.42. The van der Waals surface area contributed by atoms with Crippen molar-refractivity contribution in [1.82, 2.24) is 20.6 Å². The lowest BCUT2D eigenvalue weighted by Crippen LogP contribution is -2.28. The highest BCUT2D eigenvalue weighted by atomic mass is 32.2. The third kappa shape index (κ3) is 8.06. The van der Waals surface area contributed by atoms with Crippen LogP contribution in [0.1, 0.15) is 11.3 Å². The van der Waals surface area contributed by atoms with Crippen molar-refractivity contribution < 1.29 is 14.3 Å². The number of hydrogen-bond acceptors (Lipinski definition) is 6. The Bertz CT molecular complexity index is 811. The quantitative estimate of drug-likeness (QED) is 0.309. The summed E-state index contributed by atoms with van der Waals surface area (Å²) in [7, 11) is 1.55. The molecule has 0 fully saturated rings. The van der Waals surface area contributed by atoms with Crippen LogP contribution in [0, 0.1) is 0 Å². The van der Waals surface area contributed by atoms with Gasteiger partial charge in [0.2, 0.25) is 11.8 Å². The largest absolute Gasteiger partial charge is 0.383 e. The van der Waals surface area contributed by atoms with Gasteiger partial charge in [0.1, 0.15) is 0 Å². The van der Waals surface area contributed by atoms with Crippen LogP contribution in [-0.2, 0) is 27.3 Å². The monoisotopic (exact) mass is 390 g/mol. The number of nitrogens with zero attached hydrogens (tertiary/aromatic N) is 1. The van der Waals surface area contributed by atoms with E-state index >= 15 is 0 Å². The van der Waals surface area contributed by atoms with Crippen molar-refractivity contribution in [1.29, 1.82) is 0 Å². The van der Waals surface area contributed by atoms with Gasteiger partial charge < -0.3 is 20.4 Å². The highest BCUT2D eigenvalue weighted by Gasteiger charge is 2.09. The Hall–Kier alpha value is -2.65. The Morgan fingerprint density at radius 2 is 1.96 bits per heavy atom. The predicted octanol–water partition coefficient (Wildman–Crippen LogP) is 0.484. The molecule has 2 aromatic rings. The van der Waals surface area contributed by atoms with Gasteiger partial charge in [0.25, 0.3) is 5.56 Å². The summed E-state index contributed by atoms with van der Waals surface area (Å²) in [6.07, 6.45) is -0.00957. The fourth-order valence-corrected chi connectivity index (χ4v) is 2.87. The minimum Gasteiger partial charge on any atom is -0.383 e. The van der Waals surface area contributed by atoms with Crippen LogP contribution >= 0.6 is 11.8 Å². The summed E-state index contributed by atoms with van der Waals surface area (Å²) in [5.41, 5.74) is 0.977. The van der Waals surface area contributed by atoms with Gasteiger partial charge in [-0.05, 0) is 5.56 Å². The molecule has 3 N–H and O–H groups in total. The van der Waals surface area contributed by atoms with Gasteiger partial charge in [0, 0.05) is 26.3 Å². The molecule has 1 aromatic heterocycles. The number of H-pyrrole nitrogens is 1. The molecule has 0 aliphatic carbocycles. The zero-order valence-corrected chi connectivity index (χ0v) is 15.8. The average molecular weight is 390 g/mol. The Kier molecular flexibility index (Phi) is 8.53. The number of methoxy groups -OCH3 is 1. The number of carbonyl (C=O) groups is 2. The summed E-state index contributed by atoms with van der Waals surface area (Å²) in [6, 6.07) is 10.8. The third-order valence-corrected chi connectivity index (χ3v) is 4.29. The normalized spacial score (nSPS) is 10.4. The second-order valence-electron chi connectivity index (χ2n) is 5.61. The molecule has 2 rings (SSSR count). The Labute approximate surface area is 161 Å². The Morgan fingerprint density at radius 3 is 2.70 bits per heavy atom. The van der Waals surface area contributed by atoms with E-state index in [9.17, 15) is 14.4 Å². The summed E-state index contributed by atoms with van der Waals surface area (Å²) in [5, 5.41) is 5.77. The lowest BCUT2D eigenvalue weighted by Gasteiger charge is -2.07. The molecule has 0 spiro atoms. The topological polar surface area (TPSA) is 113 Å². The fourth-order valence-electron chi connectivity index (χ4n) is 2.14. The molecule has 8 nitrogen and oxygen atoms in total. The van der Waals surface area contributed by atoms with E-state index < -0.39 is 0 Å². The Balaban J connectivity index is 1.85. The van der Waals surface area contributed by atoms with Gasteiger partial charge >= 0.3 is 0 Å². The van der Waals surface area contributed by atoms with Gasteiger partial charge in [0.15, 0.2) is 5.16 Å². The van der Waals surface area contributed by atoms with Crippen LogP contribution in [0.4, 0.5) is 0 Å². The van der Waals surface area contributed by atoms with Crippen molar-refractivity contribution in [2.75, 3.05) is 26.0 Å². The molecule has 1 aromatic carbocycles. The first-order valence-corrected chi connectivity index (χ1v) is 9.34. The molecule has 0 radical (unpaired) electrons. The lowest BCUT2D eigenvalue weighted by atomic mass is 10.2. The molecule has 9 heteroatoms. The molecule has 0 saturated carbocycles. The van der Waals surface area contributed by atoms with Gasteiger partial charge in [-0.1, -0.05) is 42.1 Å². The number of aromatic amines is 1. The number of ether oxygens (including phenoxy) is 1. The number of aromatic nitrogens is 2. The van der Waals surface area contributed by atoms with E-state index in [0.717, 1.165) is 17.3 Å². The number of hydrogen-bond donors (Lipinski definition) is 3. The smallest absolute Gasteiger partial charge is 0.251 e. The number of thioether (sulfide) groups is 1. The SMILES string of the molecule is COCCNC(=O)CSc1nc(CC(=O)NCc2ccccc2)cc(=O)[nH]1. The number of carbonyl (C=O) groups excluding carboxylic acids is 2. The summed E-state index contributed by atoms with van der Waals surface area (Å²) in [4.78, 5) is 42.3. The zero-order chi connectivity index (χ0) is 19.5. The van der Waals surface area contributed by atoms with Crippen molar-refractivity contribution in [3.63, 3.8) is 0 Å². The molecule has 2 amide bonds. The van der Waals surface area contributed by atoms with E-state index in [-0.39, 0.29) is 29.5 Å². The molecular weight excluding hydrogens is 368 g/mol. The van der Waals surface area contributed by atoms with Crippen molar-refractivity contribution in [3.05, 3.63) is 58.0 Å². The molecule has 27 heavy (non-hydrogen) atoms. The van der Waals surface area contributed by atoms with Crippen LogP contribution in [-0.4, -0.2) is 47.8 Å². The predicted molar refractivity (Wildman–Crippen MR) is 102 cm³/mol. The van der Waals surface area contributed by atoms with Crippen molar-refractivity contribution in [2.24, 2.45) is 0 Å². The summed E-state index contributed by atoms with van der Waals surface area (Å²) in [5.74, 6) is -0.313. The maximum atomic E-state index is 12.1. The maximum Gasteiger partial charge on any atom is 0.251 e. The first kappa shape index (κ1) is 20.7. The van der Waals surface area contributed by atoms with E-state index in [1.54, 1.807) is 7.11 Å². The van der Waals surface area contributed by atoms with Crippen molar-refractivity contribution >= 4 is 23.6 Å². The number of amides is 2. The van der Waals surface area contributed by atoms with E-state index in [4.69, 9.17) is 4.74 Å². The molecule has 0 bridgehead atoms. The van der Waals surface area contributed by atoms with Crippen LogP contribution in [0.25, 0.3) is 0 Å². The standard InChI is InChI=1S/C18H22N4O4S/c1-26-8-7-19-17(25)12-27-18-21-14(10-16(24)22-18)9-15(23)20-11-13-5-3-2-4-6-13/h2-6,10H,7-9,11-12H2,1H3,(H,19,25)(H,20,23)(H,21,22,24). The number of rotatable bonds is 10. The molecule has 144 valence electrons. The van der Waals surface area contributed by atoms with Gasteiger partial charge in [0.05, 0.1) is 24.5 Å². The molecule has 0 aliphatic heterocycles. The molecule has 0 saturated heterocycles. The van der Waals surface area contributed by atoms with Crippen LogP contribution in [0.15, 0.2) is 46.3 Å². The fraction of sp³-hybridized carbons (Fsp3) is 0.333. The first-order chi connectivity index (χ1) is 13.1. The molecule has 0 unspecified atom stereocenters. The van der Waals surface area contributed by atoms with Crippen LogP contribution in [0.2, 0.25) is 0 Å². The molecular formula is C18H22N4O4S. The summed E-state index contributed by atoms with van der Waals surface area (Å²) < 4.78 is 4.85. The molecule has 0 atom stereocenters. The van der Waals surface area contributed by atoms with Crippen LogP contribution < -0.4 is 16.2 Å². The van der Waals surface area contributed by atoms with Crippen molar-refractivity contribution in [3.8, 4) is 0 Å². The minimum atomic E-state index is -0.363. The summed E-state index contributed by atoms with van der Waals surface area (Å²) >= 11 is 1.10. The number of nitrogens with one attached hydrogen (secondary N) is 3. The van der Waals surface area contributed by atoms with Gasteiger partial charge in [-0.15, -0.1) is 0 Å². The van der Waals surface area contributed by atoms with Gasteiger partial charge in [-0.2, -0.15) is 0 Å². The van der Waals surface area contributed by atoms with E-state index in [1.807, 2.05) is 30.3 Å². The lowest BCUT2D eigenvalue weighted by molar-refractivity contribution is -0.121. The van der Waals surface area contributed by atoms with Crippen LogP contribution in [0.3, 0.4) is 0 Å². The summed E-state index contributed by atoms with van der Waals surface area (Å²) in [6.45, 7) is 1.26.